The zero-order valence-corrected chi connectivity index (χ0v) is 17.9. The first kappa shape index (κ1) is 21.0. The van der Waals surface area contributed by atoms with Crippen molar-refractivity contribution in [3.8, 4) is 5.69 Å². The van der Waals surface area contributed by atoms with E-state index in [1.54, 1.807) is 6.92 Å². The van der Waals surface area contributed by atoms with Crippen molar-refractivity contribution < 1.29 is 9.72 Å². The minimum atomic E-state index is -0.466. The highest BCUT2D eigenvalue weighted by Gasteiger charge is 2.23. The Morgan fingerprint density at radius 1 is 1.26 bits per heavy atom. The largest absolute Gasteiger partial charge is 0.358 e. The van der Waals surface area contributed by atoms with E-state index in [9.17, 15) is 14.9 Å². The van der Waals surface area contributed by atoms with Gasteiger partial charge in [-0.15, -0.1) is 10.2 Å². The standard InChI is InChI=1S/C20H23N7O3S/c1-14-21-11-19(27(29)30)25(14)12-17-23-24-20(26(17)16-9-3-2-4-10-16)31-13-18(28)22-15-7-5-6-8-15/h2-4,9-11,15H,5-8,12-13H2,1H3,(H,22,28). The lowest BCUT2D eigenvalue weighted by atomic mass is 10.2. The third kappa shape index (κ3) is 4.76. The van der Waals surface area contributed by atoms with Crippen LogP contribution < -0.4 is 5.32 Å². The normalized spacial score (nSPS) is 14.1. The van der Waals surface area contributed by atoms with E-state index in [4.69, 9.17) is 0 Å². The molecule has 0 atom stereocenters. The van der Waals surface area contributed by atoms with E-state index in [0.29, 0.717) is 16.8 Å². The molecule has 2 heterocycles. The Balaban J connectivity index is 1.58. The number of imidazole rings is 1. The molecule has 0 saturated heterocycles. The van der Waals surface area contributed by atoms with Gasteiger partial charge in [0.15, 0.2) is 23.4 Å². The molecule has 1 aliphatic rings. The lowest BCUT2D eigenvalue weighted by Crippen LogP contribution is -2.33. The minimum Gasteiger partial charge on any atom is -0.358 e. The number of rotatable bonds is 8. The van der Waals surface area contributed by atoms with Crippen LogP contribution in [-0.4, -0.2) is 46.9 Å². The zero-order chi connectivity index (χ0) is 21.8. The molecule has 1 amide bonds. The molecule has 1 aromatic carbocycles. The average molecular weight is 442 g/mol. The maximum absolute atomic E-state index is 12.4. The molecule has 0 radical (unpaired) electrons. The summed E-state index contributed by atoms with van der Waals surface area (Å²) in [6.07, 6.45) is 5.61. The number of thioether (sulfide) groups is 1. The highest BCUT2D eigenvalue weighted by atomic mass is 32.2. The quantitative estimate of drug-likeness (QED) is 0.324. The van der Waals surface area contributed by atoms with Gasteiger partial charge in [0.1, 0.15) is 6.20 Å². The molecule has 162 valence electrons. The lowest BCUT2D eigenvalue weighted by Gasteiger charge is -2.12. The monoisotopic (exact) mass is 441 g/mol. The molecule has 0 unspecified atom stereocenters. The molecule has 31 heavy (non-hydrogen) atoms. The predicted molar refractivity (Wildman–Crippen MR) is 115 cm³/mol. The number of nitrogens with zero attached hydrogens (tertiary/aromatic N) is 6. The summed E-state index contributed by atoms with van der Waals surface area (Å²) in [7, 11) is 0. The van der Waals surface area contributed by atoms with Crippen LogP contribution in [0.25, 0.3) is 5.69 Å². The van der Waals surface area contributed by atoms with Crippen molar-refractivity contribution in [1.29, 1.82) is 0 Å². The first-order valence-electron chi connectivity index (χ1n) is 10.1. The number of hydrogen-bond donors (Lipinski definition) is 1. The van der Waals surface area contributed by atoms with Crippen molar-refractivity contribution in [2.75, 3.05) is 5.75 Å². The maximum Gasteiger partial charge on any atom is 0.343 e. The number of para-hydroxylation sites is 1. The van der Waals surface area contributed by atoms with Crippen LogP contribution >= 0.6 is 11.8 Å². The molecule has 1 aliphatic carbocycles. The van der Waals surface area contributed by atoms with Gasteiger partial charge in [0, 0.05) is 18.7 Å². The minimum absolute atomic E-state index is 0.0258. The van der Waals surface area contributed by atoms with Gasteiger partial charge in [-0.05, 0) is 29.9 Å². The van der Waals surface area contributed by atoms with E-state index in [-0.39, 0.29) is 30.1 Å². The number of aryl methyl sites for hydroxylation is 1. The molecule has 10 nitrogen and oxygen atoms in total. The second-order valence-electron chi connectivity index (χ2n) is 7.41. The first-order chi connectivity index (χ1) is 15.0. The number of aromatic nitrogens is 5. The van der Waals surface area contributed by atoms with Crippen molar-refractivity contribution in [1.82, 2.24) is 29.6 Å². The molecule has 1 saturated carbocycles. The lowest BCUT2D eigenvalue weighted by molar-refractivity contribution is -0.392. The van der Waals surface area contributed by atoms with Crippen LogP contribution in [0.1, 0.15) is 37.3 Å². The van der Waals surface area contributed by atoms with Gasteiger partial charge < -0.3 is 15.4 Å². The molecule has 11 heteroatoms. The number of benzene rings is 1. The summed E-state index contributed by atoms with van der Waals surface area (Å²) >= 11 is 1.30. The molecule has 2 aromatic heterocycles. The maximum atomic E-state index is 12.4. The van der Waals surface area contributed by atoms with Crippen LogP contribution in [0.4, 0.5) is 5.82 Å². The molecule has 0 bridgehead atoms. The molecule has 3 aromatic rings. The molecule has 1 N–H and O–H groups in total. The van der Waals surface area contributed by atoms with Crippen LogP contribution in [0.15, 0.2) is 41.7 Å². The van der Waals surface area contributed by atoms with Crippen molar-refractivity contribution in [2.45, 2.75) is 50.4 Å². The summed E-state index contributed by atoms with van der Waals surface area (Å²) in [5.41, 5.74) is 0.821. The molecule has 0 spiro atoms. The van der Waals surface area contributed by atoms with Gasteiger partial charge >= 0.3 is 5.82 Å². The Hall–Kier alpha value is -3.21. The Morgan fingerprint density at radius 3 is 2.71 bits per heavy atom. The number of amides is 1. The average Bonchev–Trinajstić information content (AvgIpc) is 3.49. The van der Waals surface area contributed by atoms with Gasteiger partial charge in [0.05, 0.1) is 5.75 Å². The SMILES string of the molecule is Cc1ncc([N+](=O)[O-])n1Cc1nnc(SCC(=O)NC2CCCC2)n1-c1ccccc1. The second kappa shape index (κ2) is 9.29. The van der Waals surface area contributed by atoms with Crippen LogP contribution in [-0.2, 0) is 11.3 Å². The summed E-state index contributed by atoms with van der Waals surface area (Å²) in [4.78, 5) is 27.3. The first-order valence-corrected chi connectivity index (χ1v) is 11.1. The van der Waals surface area contributed by atoms with E-state index in [1.165, 1.54) is 22.5 Å². The number of carbonyl (C=O) groups is 1. The van der Waals surface area contributed by atoms with E-state index in [2.05, 4.69) is 20.5 Å². The van der Waals surface area contributed by atoms with E-state index >= 15 is 0 Å². The van der Waals surface area contributed by atoms with Crippen molar-refractivity contribution in [3.63, 3.8) is 0 Å². The summed E-state index contributed by atoms with van der Waals surface area (Å²) < 4.78 is 3.32. The van der Waals surface area contributed by atoms with Crippen molar-refractivity contribution in [2.24, 2.45) is 0 Å². The van der Waals surface area contributed by atoms with E-state index in [0.717, 1.165) is 31.4 Å². The molecule has 0 aliphatic heterocycles. The topological polar surface area (TPSA) is 121 Å². The fourth-order valence-electron chi connectivity index (χ4n) is 3.74. The third-order valence-electron chi connectivity index (χ3n) is 5.29. The fraction of sp³-hybridized carbons (Fsp3) is 0.400. The van der Waals surface area contributed by atoms with Crippen molar-refractivity contribution in [3.05, 3.63) is 58.3 Å². The van der Waals surface area contributed by atoms with Gasteiger partial charge in [0.25, 0.3) is 0 Å². The number of carbonyl (C=O) groups excluding carboxylic acids is 1. The van der Waals surface area contributed by atoms with Crippen LogP contribution in [0.3, 0.4) is 0 Å². The van der Waals surface area contributed by atoms with Crippen molar-refractivity contribution >= 4 is 23.5 Å². The third-order valence-corrected chi connectivity index (χ3v) is 6.22. The number of nitro groups is 1. The molecular weight excluding hydrogens is 418 g/mol. The summed E-state index contributed by atoms with van der Waals surface area (Å²) in [6.45, 7) is 1.85. The molecular formula is C20H23N7O3S. The van der Waals surface area contributed by atoms with Crippen LogP contribution in [0.2, 0.25) is 0 Å². The van der Waals surface area contributed by atoms with Gasteiger partial charge in [-0.25, -0.2) is 9.55 Å². The van der Waals surface area contributed by atoms with E-state index < -0.39 is 4.92 Å². The fourth-order valence-corrected chi connectivity index (χ4v) is 4.52. The Bertz CT molecular complexity index is 1070. The van der Waals surface area contributed by atoms with Gasteiger partial charge in [-0.3, -0.25) is 9.36 Å². The summed E-state index contributed by atoms with van der Waals surface area (Å²) in [5.74, 6) is 1.13. The van der Waals surface area contributed by atoms with Crippen LogP contribution in [0, 0.1) is 17.0 Å². The highest BCUT2D eigenvalue weighted by Crippen LogP contribution is 2.24. The molecule has 1 fully saturated rings. The van der Waals surface area contributed by atoms with Gasteiger partial charge in [-0.1, -0.05) is 42.8 Å². The van der Waals surface area contributed by atoms with Gasteiger partial charge in [-0.2, -0.15) is 0 Å². The summed E-state index contributed by atoms with van der Waals surface area (Å²) in [5, 5.41) is 23.5. The number of hydrogen-bond acceptors (Lipinski definition) is 7. The second-order valence-corrected chi connectivity index (χ2v) is 8.36. The van der Waals surface area contributed by atoms with E-state index in [1.807, 2.05) is 34.9 Å². The number of nitrogens with one attached hydrogen (secondary N) is 1. The molecule has 4 rings (SSSR count). The van der Waals surface area contributed by atoms with Gasteiger partial charge in [0.2, 0.25) is 5.91 Å². The Kier molecular flexibility index (Phi) is 6.31. The Morgan fingerprint density at radius 2 is 2.00 bits per heavy atom. The predicted octanol–water partition coefficient (Wildman–Crippen LogP) is 2.88. The smallest absolute Gasteiger partial charge is 0.343 e. The summed E-state index contributed by atoms with van der Waals surface area (Å²) in [6, 6.07) is 9.77. The highest BCUT2D eigenvalue weighted by molar-refractivity contribution is 7.99. The van der Waals surface area contributed by atoms with Crippen LogP contribution in [0.5, 0.6) is 0 Å². The Labute approximate surface area is 183 Å². The zero-order valence-electron chi connectivity index (χ0n) is 17.1.